The third kappa shape index (κ3) is 2.37. The first-order chi connectivity index (χ1) is 9.66. The predicted octanol–water partition coefficient (Wildman–Crippen LogP) is 3.95. The van der Waals surface area contributed by atoms with Crippen LogP contribution in [0, 0.1) is 0 Å². The molecule has 0 bridgehead atoms. The Balaban J connectivity index is 2.05. The number of halogens is 1. The molecule has 0 saturated heterocycles. The summed E-state index contributed by atoms with van der Waals surface area (Å²) in [5.74, 6) is -0.219. The lowest BCUT2D eigenvalue weighted by atomic mass is 10.2. The third-order valence-electron chi connectivity index (χ3n) is 3.02. The molecule has 3 rings (SSSR count). The number of para-hydroxylation sites is 2. The van der Waals surface area contributed by atoms with Crippen LogP contribution in [0.5, 0.6) is 0 Å². The Kier molecular flexibility index (Phi) is 3.59. The van der Waals surface area contributed by atoms with Crippen molar-refractivity contribution in [1.82, 2.24) is 5.43 Å². The number of carbonyl (C=O) groups excluding carboxylic acids is 1. The van der Waals surface area contributed by atoms with E-state index in [9.17, 15) is 4.79 Å². The van der Waals surface area contributed by atoms with E-state index < -0.39 is 5.38 Å². The maximum absolute atomic E-state index is 11.9. The molecule has 0 spiro atoms. The van der Waals surface area contributed by atoms with E-state index in [-0.39, 0.29) is 5.91 Å². The van der Waals surface area contributed by atoms with Crippen LogP contribution in [-0.4, -0.2) is 11.3 Å². The third-order valence-corrected chi connectivity index (χ3v) is 4.34. The molecule has 1 amide bonds. The van der Waals surface area contributed by atoms with E-state index in [0.29, 0.717) is 0 Å². The Morgan fingerprint density at radius 2 is 1.60 bits per heavy atom. The Bertz CT molecular complexity index is 614. The highest BCUT2D eigenvalue weighted by molar-refractivity contribution is 7.99. The summed E-state index contributed by atoms with van der Waals surface area (Å²) >= 11 is 7.55. The quantitative estimate of drug-likeness (QED) is 0.853. The number of fused-ring (bicyclic) bond motifs is 2. The molecule has 1 aliphatic rings. The first kappa shape index (κ1) is 13.3. The highest BCUT2D eigenvalue weighted by Gasteiger charge is 2.25. The fourth-order valence-corrected chi connectivity index (χ4v) is 3.13. The number of rotatable bonds is 2. The fraction of sp³-hybridized carbons (Fsp3) is 0.133. The first-order valence-corrected chi connectivity index (χ1v) is 7.53. The Labute approximate surface area is 126 Å². The van der Waals surface area contributed by atoms with Gasteiger partial charge in [-0.2, -0.15) is 0 Å². The number of anilines is 2. The minimum atomic E-state index is -0.580. The van der Waals surface area contributed by atoms with Crippen LogP contribution >= 0.6 is 23.4 Å². The van der Waals surface area contributed by atoms with Crippen LogP contribution < -0.4 is 10.4 Å². The number of hydrazine groups is 1. The fourth-order valence-electron chi connectivity index (χ4n) is 2.02. The average Bonchev–Trinajstić information content (AvgIpc) is 2.46. The molecule has 1 aliphatic heterocycles. The van der Waals surface area contributed by atoms with Gasteiger partial charge in [0, 0.05) is 9.79 Å². The zero-order valence-electron chi connectivity index (χ0n) is 10.8. The van der Waals surface area contributed by atoms with E-state index in [1.165, 1.54) is 0 Å². The number of amides is 1. The van der Waals surface area contributed by atoms with Gasteiger partial charge in [-0.1, -0.05) is 36.0 Å². The van der Waals surface area contributed by atoms with Gasteiger partial charge in [0.1, 0.15) is 5.38 Å². The molecule has 1 N–H and O–H groups in total. The van der Waals surface area contributed by atoms with Gasteiger partial charge in [-0.05, 0) is 31.2 Å². The molecular formula is C15H13ClN2OS. The normalized spacial score (nSPS) is 14.2. The predicted molar refractivity (Wildman–Crippen MR) is 82.6 cm³/mol. The second kappa shape index (κ2) is 5.38. The van der Waals surface area contributed by atoms with Crippen LogP contribution in [0.15, 0.2) is 58.3 Å². The Morgan fingerprint density at radius 1 is 1.10 bits per heavy atom. The van der Waals surface area contributed by atoms with E-state index in [1.54, 1.807) is 18.7 Å². The van der Waals surface area contributed by atoms with Gasteiger partial charge in [0.2, 0.25) is 0 Å². The summed E-state index contributed by atoms with van der Waals surface area (Å²) in [6.07, 6.45) is 0. The SMILES string of the molecule is CC(Cl)C(=O)NN1c2ccccc2Sc2ccccc21. The molecule has 2 aromatic rings. The van der Waals surface area contributed by atoms with Crippen molar-refractivity contribution in [2.75, 3.05) is 5.01 Å². The molecule has 0 aliphatic carbocycles. The number of carbonyl (C=O) groups is 1. The van der Waals surface area contributed by atoms with Gasteiger partial charge in [-0.25, -0.2) is 0 Å². The molecule has 1 heterocycles. The summed E-state index contributed by atoms with van der Waals surface area (Å²) in [7, 11) is 0. The van der Waals surface area contributed by atoms with Crippen molar-refractivity contribution in [3.63, 3.8) is 0 Å². The molecule has 3 nitrogen and oxygen atoms in total. The van der Waals surface area contributed by atoms with Gasteiger partial charge in [-0.15, -0.1) is 11.6 Å². The molecule has 20 heavy (non-hydrogen) atoms. The van der Waals surface area contributed by atoms with Crippen molar-refractivity contribution in [2.24, 2.45) is 0 Å². The summed E-state index contributed by atoms with van der Waals surface area (Å²) in [6, 6.07) is 15.9. The number of alkyl halides is 1. The molecule has 2 aromatic carbocycles. The van der Waals surface area contributed by atoms with Gasteiger partial charge in [-0.3, -0.25) is 15.2 Å². The molecule has 0 radical (unpaired) electrons. The Morgan fingerprint density at radius 3 is 2.10 bits per heavy atom. The lowest BCUT2D eigenvalue weighted by Gasteiger charge is -2.32. The van der Waals surface area contributed by atoms with E-state index >= 15 is 0 Å². The summed E-state index contributed by atoms with van der Waals surface area (Å²) in [4.78, 5) is 14.1. The van der Waals surface area contributed by atoms with Crippen molar-refractivity contribution < 1.29 is 4.79 Å². The summed E-state index contributed by atoms with van der Waals surface area (Å²) in [5, 5.41) is 1.23. The molecule has 0 fully saturated rings. The Hall–Kier alpha value is -1.65. The maximum atomic E-state index is 11.9. The van der Waals surface area contributed by atoms with Gasteiger partial charge < -0.3 is 0 Å². The summed E-state index contributed by atoms with van der Waals surface area (Å²) in [5.41, 5.74) is 4.80. The van der Waals surface area contributed by atoms with E-state index in [0.717, 1.165) is 21.2 Å². The average molecular weight is 305 g/mol. The van der Waals surface area contributed by atoms with Crippen LogP contribution in [0.3, 0.4) is 0 Å². The summed E-state index contributed by atoms with van der Waals surface area (Å²) in [6.45, 7) is 1.66. The molecular weight excluding hydrogens is 292 g/mol. The van der Waals surface area contributed by atoms with E-state index in [1.807, 2.05) is 53.5 Å². The zero-order chi connectivity index (χ0) is 14.1. The van der Waals surface area contributed by atoms with Crippen LogP contribution in [0.4, 0.5) is 11.4 Å². The number of hydrogen-bond acceptors (Lipinski definition) is 3. The van der Waals surface area contributed by atoms with Crippen molar-refractivity contribution in [3.8, 4) is 0 Å². The number of nitrogens with one attached hydrogen (secondary N) is 1. The van der Waals surface area contributed by atoms with Gasteiger partial charge >= 0.3 is 0 Å². The van der Waals surface area contributed by atoms with Crippen molar-refractivity contribution in [2.45, 2.75) is 22.1 Å². The zero-order valence-corrected chi connectivity index (χ0v) is 12.4. The van der Waals surface area contributed by atoms with Crippen molar-refractivity contribution in [3.05, 3.63) is 48.5 Å². The molecule has 1 unspecified atom stereocenters. The molecule has 5 heteroatoms. The number of hydrogen-bond donors (Lipinski definition) is 1. The highest BCUT2D eigenvalue weighted by Crippen LogP contribution is 2.46. The maximum Gasteiger partial charge on any atom is 0.256 e. The first-order valence-electron chi connectivity index (χ1n) is 6.27. The monoisotopic (exact) mass is 304 g/mol. The van der Waals surface area contributed by atoms with Crippen LogP contribution in [0.25, 0.3) is 0 Å². The standard InChI is InChI=1S/C15H13ClN2OS/c1-10(16)15(19)17-18-11-6-2-4-8-13(11)20-14-9-5-3-7-12(14)18/h2-10H,1H3,(H,17,19). The second-order valence-electron chi connectivity index (χ2n) is 4.46. The van der Waals surface area contributed by atoms with Crippen LogP contribution in [0.1, 0.15) is 6.92 Å². The largest absolute Gasteiger partial charge is 0.272 e. The second-order valence-corrected chi connectivity index (χ2v) is 6.20. The minimum Gasteiger partial charge on any atom is -0.272 e. The summed E-state index contributed by atoms with van der Waals surface area (Å²) < 4.78 is 0. The van der Waals surface area contributed by atoms with E-state index in [4.69, 9.17) is 11.6 Å². The lowest BCUT2D eigenvalue weighted by Crippen LogP contribution is -2.43. The number of nitrogens with zero attached hydrogens (tertiary/aromatic N) is 1. The van der Waals surface area contributed by atoms with Gasteiger partial charge in [0.15, 0.2) is 0 Å². The van der Waals surface area contributed by atoms with Crippen molar-refractivity contribution >= 4 is 40.6 Å². The highest BCUT2D eigenvalue weighted by atomic mass is 35.5. The van der Waals surface area contributed by atoms with Crippen molar-refractivity contribution in [1.29, 1.82) is 0 Å². The van der Waals surface area contributed by atoms with Crippen LogP contribution in [-0.2, 0) is 4.79 Å². The van der Waals surface area contributed by atoms with Crippen LogP contribution in [0.2, 0.25) is 0 Å². The van der Waals surface area contributed by atoms with E-state index in [2.05, 4.69) is 5.43 Å². The smallest absolute Gasteiger partial charge is 0.256 e. The molecule has 0 saturated carbocycles. The molecule has 102 valence electrons. The topological polar surface area (TPSA) is 32.3 Å². The minimum absolute atomic E-state index is 0.219. The van der Waals surface area contributed by atoms with Gasteiger partial charge in [0.05, 0.1) is 11.4 Å². The van der Waals surface area contributed by atoms with Gasteiger partial charge in [0.25, 0.3) is 5.91 Å². The lowest BCUT2D eigenvalue weighted by molar-refractivity contribution is -0.120. The number of benzene rings is 2. The molecule has 0 aromatic heterocycles. The molecule has 1 atom stereocenters.